The van der Waals surface area contributed by atoms with Crippen molar-refractivity contribution < 1.29 is 14.3 Å². The van der Waals surface area contributed by atoms with Gasteiger partial charge in [0.2, 0.25) is 5.91 Å². The van der Waals surface area contributed by atoms with E-state index >= 15 is 0 Å². The highest BCUT2D eigenvalue weighted by Gasteiger charge is 2.22. The monoisotopic (exact) mass is 280 g/mol. The molecule has 1 heterocycles. The smallest absolute Gasteiger partial charge is 0.377 e. The highest BCUT2D eigenvalue weighted by molar-refractivity contribution is 5.85. The van der Waals surface area contributed by atoms with Crippen molar-refractivity contribution in [1.82, 2.24) is 20.1 Å². The predicted octanol–water partition coefficient (Wildman–Crippen LogP) is 1.07. The highest BCUT2D eigenvalue weighted by Crippen LogP contribution is 2.18. The molecule has 1 aromatic rings. The van der Waals surface area contributed by atoms with Crippen LogP contribution in [0.4, 0.5) is 0 Å². The Morgan fingerprint density at radius 1 is 1.40 bits per heavy atom. The molecule has 7 nitrogen and oxygen atoms in total. The van der Waals surface area contributed by atoms with E-state index in [2.05, 4.69) is 20.1 Å². The van der Waals surface area contributed by atoms with Gasteiger partial charge in [-0.2, -0.15) is 0 Å². The van der Waals surface area contributed by atoms with Crippen molar-refractivity contribution in [3.63, 3.8) is 0 Å². The quantitative estimate of drug-likeness (QED) is 0.834. The second-order valence-electron chi connectivity index (χ2n) is 5.06. The Kier molecular flexibility index (Phi) is 4.70. The van der Waals surface area contributed by atoms with Crippen LogP contribution in [0.25, 0.3) is 0 Å². The number of methoxy groups -OCH3 is 1. The van der Waals surface area contributed by atoms with E-state index in [0.717, 1.165) is 25.7 Å². The van der Waals surface area contributed by atoms with E-state index in [1.807, 2.05) is 0 Å². The van der Waals surface area contributed by atoms with Crippen LogP contribution in [-0.4, -0.2) is 39.8 Å². The van der Waals surface area contributed by atoms with Gasteiger partial charge in [-0.3, -0.25) is 4.79 Å². The zero-order valence-corrected chi connectivity index (χ0v) is 11.8. The lowest BCUT2D eigenvalue weighted by atomic mass is 9.95. The first-order chi connectivity index (χ1) is 9.61. The number of amides is 1. The van der Waals surface area contributed by atoms with Gasteiger partial charge in [0.15, 0.2) is 0 Å². The standard InChI is InChI=1S/C13H20N4O3/c1-9(12(18)15-10-6-4-3-5-7-10)17-8-14-11(16-17)13(19)20-2/h8-10H,3-7H2,1-2H3,(H,15,18). The molecule has 1 aromatic heterocycles. The van der Waals surface area contributed by atoms with Gasteiger partial charge in [0.25, 0.3) is 5.82 Å². The number of aromatic nitrogens is 3. The summed E-state index contributed by atoms with van der Waals surface area (Å²) in [7, 11) is 1.27. The predicted molar refractivity (Wildman–Crippen MR) is 71.1 cm³/mol. The van der Waals surface area contributed by atoms with E-state index in [4.69, 9.17) is 0 Å². The number of nitrogens with one attached hydrogen (secondary N) is 1. The molecule has 1 unspecified atom stereocenters. The molecule has 0 radical (unpaired) electrons. The van der Waals surface area contributed by atoms with Gasteiger partial charge in [-0.15, -0.1) is 5.10 Å². The third-order valence-corrected chi connectivity index (χ3v) is 3.60. The van der Waals surface area contributed by atoms with Crippen LogP contribution in [0.1, 0.15) is 55.7 Å². The highest BCUT2D eigenvalue weighted by atomic mass is 16.5. The molecule has 1 saturated carbocycles. The van der Waals surface area contributed by atoms with Gasteiger partial charge in [-0.25, -0.2) is 14.5 Å². The van der Waals surface area contributed by atoms with Gasteiger partial charge >= 0.3 is 5.97 Å². The number of hydrogen-bond donors (Lipinski definition) is 1. The summed E-state index contributed by atoms with van der Waals surface area (Å²) < 4.78 is 5.91. The van der Waals surface area contributed by atoms with E-state index in [9.17, 15) is 9.59 Å². The molecule has 20 heavy (non-hydrogen) atoms. The Hall–Kier alpha value is -1.92. The van der Waals surface area contributed by atoms with E-state index in [1.54, 1.807) is 6.92 Å². The third-order valence-electron chi connectivity index (χ3n) is 3.60. The summed E-state index contributed by atoms with van der Waals surface area (Å²) in [6, 6.07) is -0.245. The van der Waals surface area contributed by atoms with Crippen molar-refractivity contribution in [3.05, 3.63) is 12.2 Å². The Morgan fingerprint density at radius 2 is 2.10 bits per heavy atom. The Bertz CT molecular complexity index is 480. The molecule has 0 spiro atoms. The van der Waals surface area contributed by atoms with Crippen molar-refractivity contribution in [2.75, 3.05) is 7.11 Å². The summed E-state index contributed by atoms with van der Waals surface area (Å²) in [4.78, 5) is 27.3. The number of nitrogens with zero attached hydrogens (tertiary/aromatic N) is 3. The lowest BCUT2D eigenvalue weighted by molar-refractivity contribution is -0.125. The van der Waals surface area contributed by atoms with E-state index in [0.29, 0.717) is 0 Å². The lowest BCUT2D eigenvalue weighted by Gasteiger charge is -2.24. The van der Waals surface area contributed by atoms with Crippen molar-refractivity contribution in [2.24, 2.45) is 0 Å². The van der Waals surface area contributed by atoms with E-state index < -0.39 is 12.0 Å². The minimum atomic E-state index is -0.608. The maximum atomic E-state index is 12.1. The fourth-order valence-electron chi connectivity index (χ4n) is 2.34. The van der Waals surface area contributed by atoms with Crippen molar-refractivity contribution in [1.29, 1.82) is 0 Å². The molecule has 7 heteroatoms. The van der Waals surface area contributed by atoms with Crippen LogP contribution in [0, 0.1) is 0 Å². The normalized spacial score (nSPS) is 17.5. The van der Waals surface area contributed by atoms with Gasteiger partial charge in [0.05, 0.1) is 7.11 Å². The summed E-state index contributed by atoms with van der Waals surface area (Å²) in [6.07, 6.45) is 7.00. The molecule has 1 amide bonds. The second-order valence-corrected chi connectivity index (χ2v) is 5.06. The largest absolute Gasteiger partial charge is 0.463 e. The topological polar surface area (TPSA) is 86.1 Å². The molecule has 1 atom stereocenters. The molecule has 110 valence electrons. The Morgan fingerprint density at radius 3 is 2.75 bits per heavy atom. The molecule has 1 aliphatic carbocycles. The van der Waals surface area contributed by atoms with Crippen LogP contribution in [0.3, 0.4) is 0 Å². The zero-order chi connectivity index (χ0) is 14.5. The van der Waals surface area contributed by atoms with E-state index in [1.165, 1.54) is 24.5 Å². The molecule has 2 rings (SSSR count). The fourth-order valence-corrected chi connectivity index (χ4v) is 2.34. The molecular weight excluding hydrogens is 260 g/mol. The average Bonchev–Trinajstić information content (AvgIpc) is 2.96. The van der Waals surface area contributed by atoms with Gasteiger partial charge in [0.1, 0.15) is 12.4 Å². The average molecular weight is 280 g/mol. The SMILES string of the molecule is COC(=O)c1ncn(C(C)C(=O)NC2CCCCC2)n1. The van der Waals surface area contributed by atoms with Crippen LogP contribution >= 0.6 is 0 Å². The molecule has 0 aliphatic heterocycles. The summed E-state index contributed by atoms with van der Waals surface area (Å²) in [5.41, 5.74) is 0. The molecule has 1 N–H and O–H groups in total. The van der Waals surface area contributed by atoms with Crippen molar-refractivity contribution >= 4 is 11.9 Å². The molecule has 1 fully saturated rings. The molecule has 0 aromatic carbocycles. The number of hydrogen-bond acceptors (Lipinski definition) is 5. The minimum absolute atomic E-state index is 0.0372. The lowest BCUT2D eigenvalue weighted by Crippen LogP contribution is -2.40. The Labute approximate surface area is 117 Å². The minimum Gasteiger partial charge on any atom is -0.463 e. The van der Waals surface area contributed by atoms with E-state index in [-0.39, 0.29) is 17.8 Å². The van der Waals surface area contributed by atoms with Gasteiger partial charge in [-0.05, 0) is 19.8 Å². The number of carbonyl (C=O) groups is 2. The summed E-state index contributed by atoms with van der Waals surface area (Å²) in [6.45, 7) is 1.73. The third kappa shape index (κ3) is 3.34. The maximum Gasteiger partial charge on any atom is 0.377 e. The number of carbonyl (C=O) groups excluding carboxylic acids is 2. The first-order valence-corrected chi connectivity index (χ1v) is 6.91. The first kappa shape index (κ1) is 14.5. The number of esters is 1. The molecule has 0 saturated heterocycles. The molecular formula is C13H20N4O3. The molecule has 0 bridgehead atoms. The summed E-state index contributed by atoms with van der Waals surface area (Å²) in [5.74, 6) is -0.744. The first-order valence-electron chi connectivity index (χ1n) is 6.91. The van der Waals surface area contributed by atoms with Crippen molar-refractivity contribution in [3.8, 4) is 0 Å². The van der Waals surface area contributed by atoms with Gasteiger partial charge in [-0.1, -0.05) is 19.3 Å². The van der Waals surface area contributed by atoms with Crippen LogP contribution in [0.2, 0.25) is 0 Å². The summed E-state index contributed by atoms with van der Waals surface area (Å²) >= 11 is 0. The second kappa shape index (κ2) is 6.49. The summed E-state index contributed by atoms with van der Waals surface area (Å²) in [5, 5.41) is 6.99. The number of ether oxygens (including phenoxy) is 1. The fraction of sp³-hybridized carbons (Fsp3) is 0.692. The zero-order valence-electron chi connectivity index (χ0n) is 11.8. The van der Waals surface area contributed by atoms with Crippen LogP contribution in [0.5, 0.6) is 0 Å². The number of rotatable bonds is 4. The van der Waals surface area contributed by atoms with Crippen LogP contribution in [0.15, 0.2) is 6.33 Å². The maximum absolute atomic E-state index is 12.1. The van der Waals surface area contributed by atoms with Crippen LogP contribution < -0.4 is 5.32 Å². The van der Waals surface area contributed by atoms with Crippen LogP contribution in [-0.2, 0) is 9.53 Å². The van der Waals surface area contributed by atoms with Gasteiger partial charge < -0.3 is 10.1 Å². The van der Waals surface area contributed by atoms with Crippen molar-refractivity contribution in [2.45, 2.75) is 51.1 Å². The Balaban J connectivity index is 1.95. The molecule has 1 aliphatic rings. The van der Waals surface area contributed by atoms with Gasteiger partial charge in [0, 0.05) is 6.04 Å².